The molecule has 0 amide bonds. The fourth-order valence-electron chi connectivity index (χ4n) is 1.27. The Kier molecular flexibility index (Phi) is 4.74. The smallest absolute Gasteiger partial charge is 0.305 e. The number of nitrogens with zero attached hydrogens (tertiary/aromatic N) is 2. The SMILES string of the molecule is NN=NCc1ccc(C(=O)CC(=O)C(F)(F)F)cc1. The highest BCUT2D eigenvalue weighted by atomic mass is 19.4. The number of Topliss-reactive ketones (excluding diaryl/α,β-unsaturated/α-hetero) is 2. The molecule has 0 radical (unpaired) electrons. The van der Waals surface area contributed by atoms with Crippen molar-refractivity contribution in [2.75, 3.05) is 0 Å². The topological polar surface area (TPSA) is 84.9 Å². The molecule has 5 nitrogen and oxygen atoms in total. The maximum Gasteiger partial charge on any atom is 0.450 e. The molecule has 0 unspecified atom stereocenters. The number of ketones is 2. The van der Waals surface area contributed by atoms with Crippen molar-refractivity contribution in [3.8, 4) is 0 Å². The molecule has 0 aliphatic rings. The van der Waals surface area contributed by atoms with E-state index in [2.05, 4.69) is 10.3 Å². The predicted octanol–water partition coefficient (Wildman–Crippen LogP) is 2.22. The van der Waals surface area contributed by atoms with Crippen LogP contribution in [0.1, 0.15) is 22.3 Å². The zero-order chi connectivity index (χ0) is 14.5. The van der Waals surface area contributed by atoms with Crippen molar-refractivity contribution in [2.45, 2.75) is 19.1 Å². The van der Waals surface area contributed by atoms with E-state index in [4.69, 9.17) is 5.84 Å². The number of benzene rings is 1. The fourth-order valence-corrected chi connectivity index (χ4v) is 1.27. The third kappa shape index (κ3) is 4.49. The second-order valence-electron chi connectivity index (χ2n) is 3.63. The molecular formula is C11H10F3N3O2. The maximum absolute atomic E-state index is 12.0. The average molecular weight is 273 g/mol. The summed E-state index contributed by atoms with van der Waals surface area (Å²) in [4.78, 5) is 22.1. The molecule has 1 aromatic carbocycles. The van der Waals surface area contributed by atoms with Crippen LogP contribution in [0, 0.1) is 0 Å². The zero-order valence-corrected chi connectivity index (χ0v) is 9.65. The molecule has 0 atom stereocenters. The van der Waals surface area contributed by atoms with Crippen LogP contribution in [0.25, 0.3) is 0 Å². The van der Waals surface area contributed by atoms with Crippen LogP contribution >= 0.6 is 0 Å². The first-order valence-electron chi connectivity index (χ1n) is 5.13. The molecule has 0 bridgehead atoms. The molecule has 0 spiro atoms. The van der Waals surface area contributed by atoms with Gasteiger partial charge in [-0.1, -0.05) is 29.5 Å². The molecule has 1 rings (SSSR count). The normalized spacial score (nSPS) is 11.7. The minimum absolute atomic E-state index is 0.0334. The number of halogens is 3. The van der Waals surface area contributed by atoms with Crippen molar-refractivity contribution in [3.05, 3.63) is 35.4 Å². The van der Waals surface area contributed by atoms with Gasteiger partial charge in [-0.05, 0) is 5.56 Å². The van der Waals surface area contributed by atoms with E-state index >= 15 is 0 Å². The molecule has 102 valence electrons. The van der Waals surface area contributed by atoms with E-state index in [-0.39, 0.29) is 12.1 Å². The monoisotopic (exact) mass is 273 g/mol. The first-order chi connectivity index (χ1) is 8.84. The third-order valence-corrected chi connectivity index (χ3v) is 2.25. The Balaban J connectivity index is 2.71. The number of carbonyl (C=O) groups excluding carboxylic acids is 2. The van der Waals surface area contributed by atoms with Gasteiger partial charge in [0.1, 0.15) is 0 Å². The first kappa shape index (κ1) is 14.8. The molecule has 0 saturated heterocycles. The first-order valence-corrected chi connectivity index (χ1v) is 5.13. The van der Waals surface area contributed by atoms with Gasteiger partial charge in [-0.3, -0.25) is 9.59 Å². The Labute approximate surface area is 106 Å². The van der Waals surface area contributed by atoms with Crippen molar-refractivity contribution in [1.29, 1.82) is 0 Å². The van der Waals surface area contributed by atoms with Crippen LogP contribution in [0.3, 0.4) is 0 Å². The lowest BCUT2D eigenvalue weighted by atomic mass is 10.0. The minimum atomic E-state index is -4.99. The van der Waals surface area contributed by atoms with Crippen molar-refractivity contribution < 1.29 is 22.8 Å². The molecule has 0 aliphatic heterocycles. The fraction of sp³-hybridized carbons (Fsp3) is 0.273. The second-order valence-corrected chi connectivity index (χ2v) is 3.63. The zero-order valence-electron chi connectivity index (χ0n) is 9.65. The van der Waals surface area contributed by atoms with Gasteiger partial charge >= 0.3 is 6.18 Å². The molecule has 0 aliphatic carbocycles. The van der Waals surface area contributed by atoms with Gasteiger partial charge in [-0.25, -0.2) is 0 Å². The lowest BCUT2D eigenvalue weighted by molar-refractivity contribution is -0.170. The summed E-state index contributed by atoms with van der Waals surface area (Å²) in [6, 6.07) is 5.65. The molecule has 0 saturated carbocycles. The molecular weight excluding hydrogens is 263 g/mol. The number of hydrogen-bond acceptors (Lipinski definition) is 4. The van der Waals surface area contributed by atoms with Crippen molar-refractivity contribution in [2.24, 2.45) is 16.2 Å². The van der Waals surface area contributed by atoms with Gasteiger partial charge in [0, 0.05) is 5.56 Å². The van der Waals surface area contributed by atoms with Crippen molar-refractivity contribution in [3.63, 3.8) is 0 Å². The number of rotatable bonds is 5. The Morgan fingerprint density at radius 3 is 2.21 bits per heavy atom. The Morgan fingerprint density at radius 2 is 1.74 bits per heavy atom. The Hall–Kier alpha value is -2.25. The number of carbonyl (C=O) groups is 2. The summed E-state index contributed by atoms with van der Waals surface area (Å²) in [7, 11) is 0. The van der Waals surface area contributed by atoms with E-state index in [1.54, 1.807) is 0 Å². The summed E-state index contributed by atoms with van der Waals surface area (Å²) in [5, 5.41) is 6.56. The summed E-state index contributed by atoms with van der Waals surface area (Å²) in [6.07, 6.45) is -6.18. The van der Waals surface area contributed by atoms with Gasteiger partial charge in [-0.2, -0.15) is 18.3 Å². The van der Waals surface area contributed by atoms with E-state index in [1.807, 2.05) is 0 Å². The van der Waals surface area contributed by atoms with E-state index in [1.165, 1.54) is 24.3 Å². The highest BCUT2D eigenvalue weighted by Gasteiger charge is 2.39. The van der Waals surface area contributed by atoms with Gasteiger partial charge in [0.05, 0.1) is 13.0 Å². The van der Waals surface area contributed by atoms with Gasteiger partial charge in [0.2, 0.25) is 5.78 Å². The van der Waals surface area contributed by atoms with Crippen LogP contribution in [0.2, 0.25) is 0 Å². The molecule has 2 N–H and O–H groups in total. The van der Waals surface area contributed by atoms with Gasteiger partial charge < -0.3 is 5.84 Å². The lowest BCUT2D eigenvalue weighted by Gasteiger charge is -2.05. The predicted molar refractivity (Wildman–Crippen MR) is 59.2 cm³/mol. The second kappa shape index (κ2) is 6.07. The molecule has 0 aromatic heterocycles. The minimum Gasteiger partial charge on any atom is -0.305 e. The Morgan fingerprint density at radius 1 is 1.16 bits per heavy atom. The number of hydrogen-bond donors (Lipinski definition) is 1. The number of alkyl halides is 3. The van der Waals surface area contributed by atoms with E-state index in [0.717, 1.165) is 0 Å². The van der Waals surface area contributed by atoms with Gasteiger partial charge in [0.15, 0.2) is 5.78 Å². The summed E-state index contributed by atoms with van der Waals surface area (Å²) >= 11 is 0. The summed E-state index contributed by atoms with van der Waals surface area (Å²) in [6.45, 7) is 0.201. The van der Waals surface area contributed by atoms with E-state index in [0.29, 0.717) is 5.56 Å². The quantitative estimate of drug-likeness (QED) is 0.293. The largest absolute Gasteiger partial charge is 0.450 e. The van der Waals surface area contributed by atoms with Crippen LogP contribution in [0.4, 0.5) is 13.2 Å². The average Bonchev–Trinajstić information content (AvgIpc) is 2.35. The van der Waals surface area contributed by atoms with Gasteiger partial charge in [0.25, 0.3) is 0 Å². The molecule has 0 heterocycles. The van der Waals surface area contributed by atoms with Crippen LogP contribution in [-0.2, 0) is 11.3 Å². The van der Waals surface area contributed by atoms with Crippen LogP contribution in [0.5, 0.6) is 0 Å². The van der Waals surface area contributed by atoms with Crippen molar-refractivity contribution >= 4 is 11.6 Å². The number of nitrogens with two attached hydrogens (primary N) is 1. The summed E-state index contributed by atoms with van der Waals surface area (Å²) in [5.74, 6) is 1.87. The molecule has 8 heteroatoms. The van der Waals surface area contributed by atoms with E-state index < -0.39 is 24.2 Å². The van der Waals surface area contributed by atoms with Crippen LogP contribution in [0.15, 0.2) is 34.6 Å². The van der Waals surface area contributed by atoms with Crippen molar-refractivity contribution in [1.82, 2.24) is 0 Å². The maximum atomic E-state index is 12.0. The molecule has 19 heavy (non-hydrogen) atoms. The lowest BCUT2D eigenvalue weighted by Crippen LogP contribution is -2.25. The molecule has 0 fully saturated rings. The highest BCUT2D eigenvalue weighted by molar-refractivity contribution is 6.09. The van der Waals surface area contributed by atoms with E-state index in [9.17, 15) is 22.8 Å². The standard InChI is InChI=1S/C11H10F3N3O2/c12-11(13,14)10(19)5-9(18)8-3-1-7(2-4-8)6-16-17-15/h1-4H,5-6H2,(H2,15,16). The highest BCUT2D eigenvalue weighted by Crippen LogP contribution is 2.19. The van der Waals surface area contributed by atoms with Crippen LogP contribution < -0.4 is 5.84 Å². The van der Waals surface area contributed by atoms with Gasteiger partial charge in [-0.15, -0.1) is 0 Å². The molecule has 1 aromatic rings. The third-order valence-electron chi connectivity index (χ3n) is 2.25. The summed E-state index contributed by atoms with van der Waals surface area (Å²) in [5.41, 5.74) is 0.721. The Bertz CT molecular complexity index is 495. The van der Waals surface area contributed by atoms with Crippen LogP contribution in [-0.4, -0.2) is 17.7 Å². The summed E-state index contributed by atoms with van der Waals surface area (Å²) < 4.78 is 36.0.